The Morgan fingerprint density at radius 1 is 1.05 bits per heavy atom. The van der Waals surface area contributed by atoms with Gasteiger partial charge in [0.2, 0.25) is 0 Å². The normalized spacial score (nSPS) is 11.2. The van der Waals surface area contributed by atoms with Crippen LogP contribution in [0.2, 0.25) is 5.02 Å². The summed E-state index contributed by atoms with van der Waals surface area (Å²) in [6.07, 6.45) is 3.51. The van der Waals surface area contributed by atoms with Gasteiger partial charge in [-0.3, -0.25) is 4.79 Å². The van der Waals surface area contributed by atoms with Crippen LogP contribution < -0.4 is 5.56 Å². The minimum Gasteiger partial charge on any atom is -0.319 e. The third kappa shape index (κ3) is 2.63. The number of nitrogens with one attached hydrogen (secondary N) is 1. The highest BCUT2D eigenvalue weighted by atomic mass is 35.5. The van der Waals surface area contributed by atoms with Crippen LogP contribution in [0.1, 0.15) is 11.3 Å². The molecule has 3 nitrogen and oxygen atoms in total. The number of aromatic amines is 1. The van der Waals surface area contributed by atoms with Crippen LogP contribution in [0.15, 0.2) is 53.3 Å². The Labute approximate surface area is 120 Å². The molecule has 20 heavy (non-hydrogen) atoms. The van der Waals surface area contributed by atoms with Crippen molar-refractivity contribution >= 4 is 34.8 Å². The van der Waals surface area contributed by atoms with Gasteiger partial charge in [0.15, 0.2) is 0 Å². The van der Waals surface area contributed by atoms with Crippen molar-refractivity contribution in [3.63, 3.8) is 0 Å². The fourth-order valence-electron chi connectivity index (χ4n) is 1.94. The van der Waals surface area contributed by atoms with Gasteiger partial charge in [0.25, 0.3) is 5.56 Å². The average molecular weight is 283 g/mol. The smallest absolute Gasteiger partial charge is 0.274 e. The monoisotopic (exact) mass is 282 g/mol. The molecule has 98 valence electrons. The van der Waals surface area contributed by atoms with Crippen LogP contribution in [0.25, 0.3) is 23.2 Å². The zero-order valence-corrected chi connectivity index (χ0v) is 11.3. The quantitative estimate of drug-likeness (QED) is 0.778. The summed E-state index contributed by atoms with van der Waals surface area (Å²) in [4.78, 5) is 19.1. The minimum atomic E-state index is -0.207. The zero-order valence-electron chi connectivity index (χ0n) is 10.5. The molecule has 3 rings (SSSR count). The third-order valence-corrected chi connectivity index (χ3v) is 3.14. The van der Waals surface area contributed by atoms with Crippen molar-refractivity contribution in [1.29, 1.82) is 0 Å². The van der Waals surface area contributed by atoms with Gasteiger partial charge in [-0.15, -0.1) is 0 Å². The van der Waals surface area contributed by atoms with Crippen molar-refractivity contribution < 1.29 is 0 Å². The number of halogens is 1. The van der Waals surface area contributed by atoms with Crippen LogP contribution >= 0.6 is 11.6 Å². The summed E-state index contributed by atoms with van der Waals surface area (Å²) in [6, 6.07) is 14.8. The number of rotatable bonds is 2. The largest absolute Gasteiger partial charge is 0.319 e. The van der Waals surface area contributed by atoms with Crippen LogP contribution in [0.5, 0.6) is 0 Å². The lowest BCUT2D eigenvalue weighted by atomic mass is 10.2. The lowest BCUT2D eigenvalue weighted by Crippen LogP contribution is -2.11. The molecule has 0 amide bonds. The van der Waals surface area contributed by atoms with Crippen molar-refractivity contribution in [2.75, 3.05) is 0 Å². The van der Waals surface area contributed by atoms with Crippen molar-refractivity contribution in [3.8, 4) is 0 Å². The molecule has 0 atom stereocenters. The molecule has 0 unspecified atom stereocenters. The van der Waals surface area contributed by atoms with Crippen LogP contribution in [0, 0.1) is 0 Å². The molecule has 1 heterocycles. The van der Waals surface area contributed by atoms with Crippen LogP contribution in [-0.2, 0) is 0 Å². The van der Waals surface area contributed by atoms with Crippen molar-refractivity contribution in [2.24, 2.45) is 0 Å². The highest BCUT2D eigenvalue weighted by molar-refractivity contribution is 6.30. The van der Waals surface area contributed by atoms with Gasteiger partial charge in [0, 0.05) is 5.02 Å². The fraction of sp³-hybridized carbons (Fsp3) is 0. The lowest BCUT2D eigenvalue weighted by molar-refractivity contribution is 1.19. The molecule has 0 radical (unpaired) electrons. The van der Waals surface area contributed by atoms with Gasteiger partial charge in [-0.1, -0.05) is 41.9 Å². The lowest BCUT2D eigenvalue weighted by Gasteiger charge is -1.98. The maximum Gasteiger partial charge on any atom is 0.274 e. The van der Waals surface area contributed by atoms with Crippen molar-refractivity contribution in [3.05, 3.63) is 75.2 Å². The summed E-state index contributed by atoms with van der Waals surface area (Å²) in [7, 11) is 0. The summed E-state index contributed by atoms with van der Waals surface area (Å²) < 4.78 is 0. The van der Waals surface area contributed by atoms with E-state index in [4.69, 9.17) is 11.6 Å². The van der Waals surface area contributed by atoms with E-state index < -0.39 is 0 Å². The first-order valence-corrected chi connectivity index (χ1v) is 6.53. The number of fused-ring (bicyclic) bond motifs is 1. The van der Waals surface area contributed by atoms with Gasteiger partial charge < -0.3 is 4.98 Å². The predicted molar refractivity (Wildman–Crippen MR) is 82.7 cm³/mol. The molecule has 1 aromatic heterocycles. The standard InChI is InChI=1S/C16H11ClN2O/c17-12-5-3-4-11(10-12)8-9-15-16(20)19-14-7-2-1-6-13(14)18-15/h1-10H,(H,19,20)/b9-8+. The number of hydrogen-bond donors (Lipinski definition) is 1. The van der Waals surface area contributed by atoms with E-state index in [9.17, 15) is 4.79 Å². The Kier molecular flexibility index (Phi) is 3.35. The maximum absolute atomic E-state index is 11.9. The summed E-state index contributed by atoms with van der Waals surface area (Å²) in [6.45, 7) is 0. The summed E-state index contributed by atoms with van der Waals surface area (Å²) in [5.41, 5.74) is 2.59. The molecule has 2 aromatic carbocycles. The maximum atomic E-state index is 11.9. The summed E-state index contributed by atoms with van der Waals surface area (Å²) in [5.74, 6) is 0. The summed E-state index contributed by atoms with van der Waals surface area (Å²) in [5, 5.41) is 0.660. The van der Waals surface area contributed by atoms with E-state index in [2.05, 4.69) is 9.97 Å². The molecule has 3 aromatic rings. The molecule has 0 bridgehead atoms. The second kappa shape index (κ2) is 5.31. The Morgan fingerprint density at radius 2 is 1.90 bits per heavy atom. The van der Waals surface area contributed by atoms with E-state index in [1.165, 1.54) is 0 Å². The molecule has 0 aliphatic heterocycles. The van der Waals surface area contributed by atoms with E-state index in [1.807, 2.05) is 48.5 Å². The first-order chi connectivity index (χ1) is 9.72. The minimum absolute atomic E-state index is 0.207. The Balaban J connectivity index is 2.02. The van der Waals surface area contributed by atoms with Crippen LogP contribution in [0.3, 0.4) is 0 Å². The van der Waals surface area contributed by atoms with Gasteiger partial charge >= 0.3 is 0 Å². The average Bonchev–Trinajstić information content (AvgIpc) is 2.45. The zero-order chi connectivity index (χ0) is 13.9. The van der Waals surface area contributed by atoms with Crippen LogP contribution in [0.4, 0.5) is 0 Å². The van der Waals surface area contributed by atoms with Gasteiger partial charge in [0.1, 0.15) is 5.69 Å². The van der Waals surface area contributed by atoms with E-state index in [0.717, 1.165) is 16.6 Å². The Hall–Kier alpha value is -2.39. The molecule has 0 saturated carbocycles. The predicted octanol–water partition coefficient (Wildman–Crippen LogP) is 3.75. The SMILES string of the molecule is O=c1[nH]c2ccccc2nc1/C=C/c1cccc(Cl)c1. The second-order valence-electron chi connectivity index (χ2n) is 4.36. The molecular formula is C16H11ClN2O. The van der Waals surface area contributed by atoms with Gasteiger partial charge in [-0.25, -0.2) is 4.98 Å². The first kappa shape index (κ1) is 12.6. The van der Waals surface area contributed by atoms with E-state index >= 15 is 0 Å². The first-order valence-electron chi connectivity index (χ1n) is 6.15. The number of benzene rings is 2. The number of hydrogen-bond acceptors (Lipinski definition) is 2. The highest BCUT2D eigenvalue weighted by Gasteiger charge is 2.00. The third-order valence-electron chi connectivity index (χ3n) is 2.91. The Bertz CT molecular complexity index is 852. The van der Waals surface area contributed by atoms with Crippen LogP contribution in [-0.4, -0.2) is 9.97 Å². The molecule has 0 aliphatic carbocycles. The molecule has 1 N–H and O–H groups in total. The highest BCUT2D eigenvalue weighted by Crippen LogP contribution is 2.13. The molecular weight excluding hydrogens is 272 g/mol. The topological polar surface area (TPSA) is 45.8 Å². The molecule has 0 spiro atoms. The molecule has 4 heteroatoms. The fourth-order valence-corrected chi connectivity index (χ4v) is 2.14. The van der Waals surface area contributed by atoms with Crippen molar-refractivity contribution in [1.82, 2.24) is 9.97 Å². The second-order valence-corrected chi connectivity index (χ2v) is 4.79. The van der Waals surface area contributed by atoms with Gasteiger partial charge in [0.05, 0.1) is 11.0 Å². The number of para-hydroxylation sites is 2. The van der Waals surface area contributed by atoms with E-state index in [-0.39, 0.29) is 5.56 Å². The number of aromatic nitrogens is 2. The van der Waals surface area contributed by atoms with Crippen molar-refractivity contribution in [2.45, 2.75) is 0 Å². The molecule has 0 aliphatic rings. The van der Waals surface area contributed by atoms with Gasteiger partial charge in [-0.2, -0.15) is 0 Å². The van der Waals surface area contributed by atoms with E-state index in [1.54, 1.807) is 12.1 Å². The van der Waals surface area contributed by atoms with Gasteiger partial charge in [-0.05, 0) is 35.9 Å². The Morgan fingerprint density at radius 3 is 2.75 bits per heavy atom. The van der Waals surface area contributed by atoms with E-state index in [0.29, 0.717) is 10.7 Å². The molecule has 0 saturated heterocycles. The number of nitrogens with zero attached hydrogens (tertiary/aromatic N) is 1. The molecule has 0 fully saturated rings. The summed E-state index contributed by atoms with van der Waals surface area (Å²) >= 11 is 5.92. The number of H-pyrrole nitrogens is 1.